The van der Waals surface area contributed by atoms with E-state index in [9.17, 15) is 0 Å². The average molecular weight is 348 g/mol. The topological polar surface area (TPSA) is 35.8 Å². The largest absolute Gasteiger partial charge is 0.495 e. The third-order valence-corrected chi connectivity index (χ3v) is 4.36. The molecule has 0 atom stereocenters. The molecule has 3 rings (SSSR count). The molecule has 0 fully saturated rings. The summed E-state index contributed by atoms with van der Waals surface area (Å²) in [5.41, 5.74) is 6.24. The van der Waals surface area contributed by atoms with Gasteiger partial charge in [-0.3, -0.25) is 0 Å². The SMILES string of the molecule is CCO/N=C(/C)c1cc(-c2ccccc2)n(-c2ccccc2OC)c1C. The van der Waals surface area contributed by atoms with Crippen LogP contribution >= 0.6 is 0 Å². The predicted octanol–water partition coefficient (Wildman–Crippen LogP) is 5.22. The standard InChI is InChI=1S/C22H24N2O2/c1-5-26-23-16(2)19-15-21(18-11-7-6-8-12-18)24(17(19)3)20-13-9-10-14-22(20)25-4/h6-15H,5H2,1-4H3/b23-16-. The Morgan fingerprint density at radius 1 is 1.04 bits per heavy atom. The zero-order valence-corrected chi connectivity index (χ0v) is 15.7. The molecule has 0 amide bonds. The van der Waals surface area contributed by atoms with Crippen LogP contribution in [0.4, 0.5) is 0 Å². The van der Waals surface area contributed by atoms with Crippen molar-refractivity contribution >= 4 is 5.71 Å². The van der Waals surface area contributed by atoms with Crippen molar-refractivity contribution in [3.05, 3.63) is 71.9 Å². The van der Waals surface area contributed by atoms with Gasteiger partial charge in [-0.05, 0) is 44.5 Å². The molecule has 0 saturated heterocycles. The molecule has 1 aromatic heterocycles. The number of benzene rings is 2. The molecule has 0 aliphatic carbocycles. The molecule has 134 valence electrons. The quantitative estimate of drug-likeness (QED) is 0.452. The smallest absolute Gasteiger partial charge is 0.142 e. The minimum absolute atomic E-state index is 0.551. The highest BCUT2D eigenvalue weighted by molar-refractivity contribution is 6.01. The first-order valence-electron chi connectivity index (χ1n) is 8.75. The van der Waals surface area contributed by atoms with Crippen LogP contribution in [0.25, 0.3) is 16.9 Å². The highest BCUT2D eigenvalue weighted by Crippen LogP contribution is 2.33. The Balaban J connectivity index is 2.26. The first kappa shape index (κ1) is 17.8. The van der Waals surface area contributed by atoms with E-state index in [1.807, 2.05) is 50.2 Å². The number of hydrogen-bond donors (Lipinski definition) is 0. The van der Waals surface area contributed by atoms with Crippen LogP contribution in [0.5, 0.6) is 5.75 Å². The number of hydrogen-bond acceptors (Lipinski definition) is 3. The van der Waals surface area contributed by atoms with Crippen molar-refractivity contribution in [2.45, 2.75) is 20.8 Å². The van der Waals surface area contributed by atoms with Gasteiger partial charge in [-0.1, -0.05) is 47.6 Å². The fourth-order valence-corrected chi connectivity index (χ4v) is 3.13. The van der Waals surface area contributed by atoms with E-state index in [0.717, 1.165) is 39.7 Å². The minimum atomic E-state index is 0.551. The van der Waals surface area contributed by atoms with Crippen LogP contribution in [-0.2, 0) is 4.84 Å². The summed E-state index contributed by atoms with van der Waals surface area (Å²) in [7, 11) is 1.70. The third-order valence-electron chi connectivity index (χ3n) is 4.36. The van der Waals surface area contributed by atoms with Crippen molar-refractivity contribution in [2.24, 2.45) is 5.16 Å². The fourth-order valence-electron chi connectivity index (χ4n) is 3.13. The molecule has 0 aliphatic rings. The van der Waals surface area contributed by atoms with Gasteiger partial charge in [-0.2, -0.15) is 0 Å². The molecule has 0 aliphatic heterocycles. The predicted molar refractivity (Wildman–Crippen MR) is 106 cm³/mol. The Hall–Kier alpha value is -3.01. The molecule has 1 heterocycles. The molecule has 4 nitrogen and oxygen atoms in total. The Kier molecular flexibility index (Phi) is 5.42. The number of aromatic nitrogens is 1. The van der Waals surface area contributed by atoms with Crippen molar-refractivity contribution in [2.75, 3.05) is 13.7 Å². The lowest BCUT2D eigenvalue weighted by molar-refractivity contribution is 0.159. The summed E-state index contributed by atoms with van der Waals surface area (Å²) >= 11 is 0. The summed E-state index contributed by atoms with van der Waals surface area (Å²) in [4.78, 5) is 5.26. The molecule has 26 heavy (non-hydrogen) atoms. The minimum Gasteiger partial charge on any atom is -0.495 e. The monoisotopic (exact) mass is 348 g/mol. The lowest BCUT2D eigenvalue weighted by atomic mass is 10.1. The van der Waals surface area contributed by atoms with E-state index in [-0.39, 0.29) is 0 Å². The van der Waals surface area contributed by atoms with Gasteiger partial charge < -0.3 is 14.1 Å². The molecule has 0 radical (unpaired) electrons. The molecule has 2 aromatic carbocycles. The average Bonchev–Trinajstić information content (AvgIpc) is 3.03. The van der Waals surface area contributed by atoms with E-state index in [2.05, 4.69) is 40.9 Å². The van der Waals surface area contributed by atoms with E-state index in [4.69, 9.17) is 9.57 Å². The van der Waals surface area contributed by atoms with Gasteiger partial charge in [0.1, 0.15) is 12.4 Å². The number of methoxy groups -OCH3 is 1. The maximum absolute atomic E-state index is 5.60. The molecular weight excluding hydrogens is 324 g/mol. The van der Waals surface area contributed by atoms with Crippen LogP contribution in [-0.4, -0.2) is 24.0 Å². The lowest BCUT2D eigenvalue weighted by Crippen LogP contribution is -2.04. The molecule has 0 spiro atoms. The van der Waals surface area contributed by atoms with Crippen LogP contribution in [0.3, 0.4) is 0 Å². The third kappa shape index (κ3) is 3.36. The molecule has 0 saturated carbocycles. The van der Waals surface area contributed by atoms with E-state index in [0.29, 0.717) is 6.61 Å². The normalized spacial score (nSPS) is 11.5. The van der Waals surface area contributed by atoms with Crippen molar-refractivity contribution < 1.29 is 9.57 Å². The van der Waals surface area contributed by atoms with Gasteiger partial charge in [-0.15, -0.1) is 0 Å². The first-order chi connectivity index (χ1) is 12.7. The van der Waals surface area contributed by atoms with E-state index in [1.165, 1.54) is 0 Å². The fraction of sp³-hybridized carbons (Fsp3) is 0.227. The Bertz CT molecular complexity index is 911. The lowest BCUT2D eigenvalue weighted by Gasteiger charge is -2.15. The van der Waals surface area contributed by atoms with Crippen LogP contribution in [0.2, 0.25) is 0 Å². The maximum atomic E-state index is 5.60. The molecule has 3 aromatic rings. The van der Waals surface area contributed by atoms with Crippen molar-refractivity contribution in [3.8, 4) is 22.7 Å². The maximum Gasteiger partial charge on any atom is 0.142 e. The van der Waals surface area contributed by atoms with Crippen molar-refractivity contribution in [3.63, 3.8) is 0 Å². The Labute approximate surface area is 154 Å². The van der Waals surface area contributed by atoms with Crippen molar-refractivity contribution in [1.82, 2.24) is 4.57 Å². The highest BCUT2D eigenvalue weighted by atomic mass is 16.6. The second-order valence-corrected chi connectivity index (χ2v) is 6.00. The van der Waals surface area contributed by atoms with Crippen LogP contribution in [0.15, 0.2) is 65.8 Å². The van der Waals surface area contributed by atoms with Crippen LogP contribution < -0.4 is 4.74 Å². The van der Waals surface area contributed by atoms with Gasteiger partial charge in [-0.25, -0.2) is 0 Å². The summed E-state index contributed by atoms with van der Waals surface area (Å²) in [6.07, 6.45) is 0. The molecule has 0 bridgehead atoms. The van der Waals surface area contributed by atoms with Gasteiger partial charge in [0.05, 0.1) is 24.2 Å². The number of nitrogens with zero attached hydrogens (tertiary/aromatic N) is 2. The molecular formula is C22H24N2O2. The first-order valence-corrected chi connectivity index (χ1v) is 8.75. The molecule has 4 heteroatoms. The molecule has 0 unspecified atom stereocenters. The Morgan fingerprint density at radius 2 is 1.73 bits per heavy atom. The van der Waals surface area contributed by atoms with Crippen molar-refractivity contribution in [1.29, 1.82) is 0 Å². The second-order valence-electron chi connectivity index (χ2n) is 6.00. The van der Waals surface area contributed by atoms with Crippen LogP contribution in [0, 0.1) is 6.92 Å². The number of oxime groups is 1. The zero-order chi connectivity index (χ0) is 18.5. The van der Waals surface area contributed by atoms with Gasteiger partial charge in [0.2, 0.25) is 0 Å². The van der Waals surface area contributed by atoms with E-state index >= 15 is 0 Å². The van der Waals surface area contributed by atoms with E-state index < -0.39 is 0 Å². The number of rotatable bonds is 6. The Morgan fingerprint density at radius 3 is 2.42 bits per heavy atom. The van der Waals surface area contributed by atoms with Gasteiger partial charge in [0, 0.05) is 11.3 Å². The van der Waals surface area contributed by atoms with Gasteiger partial charge >= 0.3 is 0 Å². The molecule has 0 N–H and O–H groups in total. The number of para-hydroxylation sites is 2. The van der Waals surface area contributed by atoms with Gasteiger partial charge in [0.15, 0.2) is 0 Å². The van der Waals surface area contributed by atoms with Crippen LogP contribution in [0.1, 0.15) is 25.1 Å². The number of ether oxygens (including phenoxy) is 1. The highest BCUT2D eigenvalue weighted by Gasteiger charge is 2.18. The second kappa shape index (κ2) is 7.91. The summed E-state index contributed by atoms with van der Waals surface area (Å²) in [6, 6.07) is 20.5. The zero-order valence-electron chi connectivity index (χ0n) is 15.7. The van der Waals surface area contributed by atoms with Gasteiger partial charge in [0.25, 0.3) is 0 Å². The summed E-state index contributed by atoms with van der Waals surface area (Å²) < 4.78 is 7.82. The summed E-state index contributed by atoms with van der Waals surface area (Å²) in [5.74, 6) is 0.828. The summed E-state index contributed by atoms with van der Waals surface area (Å²) in [5, 5.41) is 4.23. The van der Waals surface area contributed by atoms with E-state index in [1.54, 1.807) is 7.11 Å². The summed E-state index contributed by atoms with van der Waals surface area (Å²) in [6.45, 7) is 6.55.